The van der Waals surface area contributed by atoms with Gasteiger partial charge in [0.2, 0.25) is 0 Å². The smallest absolute Gasteiger partial charge is 0.164 e. The first kappa shape index (κ1) is 39.8. The van der Waals surface area contributed by atoms with Crippen molar-refractivity contribution in [3.8, 4) is 95.7 Å². The fourth-order valence-electron chi connectivity index (χ4n) is 11.3. The monoisotopic (exact) mass is 891 g/mol. The first-order valence-corrected chi connectivity index (χ1v) is 23.8. The second-order valence-electron chi connectivity index (χ2n) is 18.1. The van der Waals surface area contributed by atoms with E-state index in [9.17, 15) is 0 Å². The van der Waals surface area contributed by atoms with E-state index in [4.69, 9.17) is 19.9 Å². The summed E-state index contributed by atoms with van der Waals surface area (Å²) in [6.07, 6.45) is 0. The SMILES string of the molecule is c1ccc(-c2cc(-c3ccccc3)cc(-c3nc(-c4cccc(-n5c(-c6ccccc6)nc6ccccc65)c4)nc(-c4cccc5c4-c4ccccc4C54c5ccccc5-c5ccccc54)n3)c2)cc1. The van der Waals surface area contributed by atoms with Crippen LogP contribution in [0.15, 0.2) is 249 Å². The van der Waals surface area contributed by atoms with E-state index in [2.05, 4.69) is 241 Å². The van der Waals surface area contributed by atoms with Crippen LogP contribution in [-0.4, -0.2) is 24.5 Å². The van der Waals surface area contributed by atoms with E-state index in [1.54, 1.807) is 0 Å². The van der Waals surface area contributed by atoms with Crippen LogP contribution in [0.3, 0.4) is 0 Å². The van der Waals surface area contributed by atoms with Crippen LogP contribution >= 0.6 is 0 Å². The first-order valence-electron chi connectivity index (χ1n) is 23.8. The molecule has 5 heteroatoms. The molecule has 0 atom stereocenters. The Balaban J connectivity index is 1.03. The minimum Gasteiger partial charge on any atom is -0.292 e. The van der Waals surface area contributed by atoms with Crippen LogP contribution in [0.1, 0.15) is 22.3 Å². The molecule has 0 aliphatic heterocycles. The standard InChI is InChI=1S/C65H41N5/c1-4-20-42(21-5-1)46-38-47(43-22-6-2-7-23-43)40-48(39-46)62-67-61(45-26-18-27-49(41-45)70-59-37-17-16-36-58(59)66-64(70)44-24-8-3-9-25-44)68-63(69-62)53-31-19-35-57-60(53)52-30-12-15-34-56(52)65(57)54-32-13-10-28-50(54)51-29-11-14-33-55(51)65/h1-41H. The van der Waals surface area contributed by atoms with E-state index in [1.165, 1.54) is 38.9 Å². The lowest BCUT2D eigenvalue weighted by molar-refractivity contribution is 0.794. The zero-order valence-corrected chi connectivity index (χ0v) is 37.9. The lowest BCUT2D eigenvalue weighted by Crippen LogP contribution is -2.25. The molecule has 0 saturated heterocycles. The normalized spacial score (nSPS) is 12.7. The molecule has 2 aromatic heterocycles. The third kappa shape index (κ3) is 6.11. The second kappa shape index (κ2) is 15.9. The predicted molar refractivity (Wildman–Crippen MR) is 283 cm³/mol. The highest BCUT2D eigenvalue weighted by Crippen LogP contribution is 2.63. The number of hydrogen-bond acceptors (Lipinski definition) is 4. The van der Waals surface area contributed by atoms with Crippen molar-refractivity contribution in [3.05, 3.63) is 271 Å². The minimum absolute atomic E-state index is 0.513. The van der Waals surface area contributed by atoms with Gasteiger partial charge in [0.25, 0.3) is 0 Å². The van der Waals surface area contributed by atoms with E-state index in [-0.39, 0.29) is 0 Å². The topological polar surface area (TPSA) is 56.5 Å². The molecule has 5 nitrogen and oxygen atoms in total. The number of aromatic nitrogens is 5. The van der Waals surface area contributed by atoms with Gasteiger partial charge in [0, 0.05) is 27.9 Å². The first-order chi connectivity index (χ1) is 34.7. The summed E-state index contributed by atoms with van der Waals surface area (Å²) in [5.74, 6) is 2.64. The van der Waals surface area contributed by atoms with Gasteiger partial charge < -0.3 is 0 Å². The number of fused-ring (bicyclic) bond motifs is 11. The van der Waals surface area contributed by atoms with Gasteiger partial charge in [0.15, 0.2) is 17.5 Å². The Labute approximate surface area is 405 Å². The summed E-state index contributed by atoms with van der Waals surface area (Å²) >= 11 is 0. The van der Waals surface area contributed by atoms with Crippen molar-refractivity contribution in [1.82, 2.24) is 24.5 Å². The Morgan fingerprint density at radius 2 is 0.743 bits per heavy atom. The predicted octanol–water partition coefficient (Wildman–Crippen LogP) is 15.6. The van der Waals surface area contributed by atoms with Crippen molar-refractivity contribution in [3.63, 3.8) is 0 Å². The van der Waals surface area contributed by atoms with Crippen molar-refractivity contribution >= 4 is 11.0 Å². The molecule has 0 radical (unpaired) electrons. The van der Waals surface area contributed by atoms with Crippen LogP contribution in [0.25, 0.3) is 107 Å². The third-order valence-corrected chi connectivity index (χ3v) is 14.3. The largest absolute Gasteiger partial charge is 0.292 e. The molecule has 2 aliphatic carbocycles. The van der Waals surface area contributed by atoms with E-state index in [1.807, 2.05) is 12.1 Å². The van der Waals surface area contributed by atoms with Gasteiger partial charge in [0.1, 0.15) is 5.82 Å². The second-order valence-corrected chi connectivity index (χ2v) is 18.1. The molecule has 2 heterocycles. The number of benzene rings is 10. The maximum atomic E-state index is 5.55. The Morgan fingerprint density at radius 1 is 0.286 bits per heavy atom. The maximum absolute atomic E-state index is 5.55. The van der Waals surface area contributed by atoms with Crippen molar-refractivity contribution in [2.75, 3.05) is 0 Å². The number of nitrogens with zero attached hydrogens (tertiary/aromatic N) is 5. The zero-order valence-electron chi connectivity index (χ0n) is 37.9. The van der Waals surface area contributed by atoms with Crippen LogP contribution in [0.2, 0.25) is 0 Å². The van der Waals surface area contributed by atoms with Crippen molar-refractivity contribution in [2.45, 2.75) is 5.41 Å². The van der Waals surface area contributed by atoms with Crippen LogP contribution in [-0.2, 0) is 5.41 Å². The molecular weight excluding hydrogens is 851 g/mol. The number of rotatable bonds is 7. The molecule has 0 unspecified atom stereocenters. The minimum atomic E-state index is -0.513. The van der Waals surface area contributed by atoms with Crippen molar-refractivity contribution in [1.29, 1.82) is 0 Å². The molecular formula is C65H41N5. The van der Waals surface area contributed by atoms with Crippen LogP contribution in [0.4, 0.5) is 0 Å². The summed E-state index contributed by atoms with van der Waals surface area (Å²) in [6.45, 7) is 0. The summed E-state index contributed by atoms with van der Waals surface area (Å²) < 4.78 is 2.24. The number of hydrogen-bond donors (Lipinski definition) is 0. The van der Waals surface area contributed by atoms with E-state index >= 15 is 0 Å². The van der Waals surface area contributed by atoms with Crippen LogP contribution in [0, 0.1) is 0 Å². The van der Waals surface area contributed by atoms with Gasteiger partial charge >= 0.3 is 0 Å². The average Bonchev–Trinajstić information content (AvgIpc) is 4.09. The molecule has 0 fully saturated rings. The summed E-state index contributed by atoms with van der Waals surface area (Å²) in [4.78, 5) is 21.7. The molecule has 0 bridgehead atoms. The van der Waals surface area contributed by atoms with Crippen LogP contribution in [0.5, 0.6) is 0 Å². The summed E-state index contributed by atoms with van der Waals surface area (Å²) in [6, 6.07) is 88.5. The fraction of sp³-hybridized carbons (Fsp3) is 0.0154. The Hall–Kier alpha value is -9.32. The van der Waals surface area contributed by atoms with Gasteiger partial charge in [-0.25, -0.2) is 19.9 Å². The fourth-order valence-corrected chi connectivity index (χ4v) is 11.3. The van der Waals surface area contributed by atoms with Gasteiger partial charge in [-0.05, 0) is 109 Å². The van der Waals surface area contributed by atoms with Crippen LogP contribution < -0.4 is 0 Å². The molecule has 70 heavy (non-hydrogen) atoms. The summed E-state index contributed by atoms with van der Waals surface area (Å²) in [5.41, 5.74) is 20.5. The van der Waals surface area contributed by atoms with Gasteiger partial charge in [-0.15, -0.1) is 0 Å². The highest BCUT2D eigenvalue weighted by molar-refractivity contribution is 5.99. The number of imidazole rings is 1. The highest BCUT2D eigenvalue weighted by Gasteiger charge is 2.52. The summed E-state index contributed by atoms with van der Waals surface area (Å²) in [5, 5.41) is 0. The van der Waals surface area contributed by atoms with Crippen molar-refractivity contribution < 1.29 is 0 Å². The maximum Gasteiger partial charge on any atom is 0.164 e. The molecule has 2 aliphatic rings. The van der Waals surface area contributed by atoms with Crippen molar-refractivity contribution in [2.24, 2.45) is 0 Å². The molecule has 1 spiro atoms. The molecule has 10 aromatic carbocycles. The molecule has 0 saturated carbocycles. The molecule has 0 N–H and O–H groups in total. The van der Waals surface area contributed by atoms with E-state index in [0.717, 1.165) is 72.6 Å². The Morgan fingerprint density at radius 3 is 1.40 bits per heavy atom. The highest BCUT2D eigenvalue weighted by atomic mass is 15.1. The van der Waals surface area contributed by atoms with Gasteiger partial charge in [-0.3, -0.25) is 4.57 Å². The Bertz CT molecular complexity index is 3900. The zero-order chi connectivity index (χ0) is 46.2. The lowest BCUT2D eigenvalue weighted by atomic mass is 9.70. The molecule has 12 aromatic rings. The Kier molecular flexibility index (Phi) is 9.04. The molecule has 326 valence electrons. The average molecular weight is 892 g/mol. The molecule has 0 amide bonds. The lowest BCUT2D eigenvalue weighted by Gasteiger charge is -2.30. The molecule has 14 rings (SSSR count). The van der Waals surface area contributed by atoms with Gasteiger partial charge in [0.05, 0.1) is 16.4 Å². The van der Waals surface area contributed by atoms with E-state index < -0.39 is 5.41 Å². The van der Waals surface area contributed by atoms with E-state index in [0.29, 0.717) is 17.5 Å². The summed E-state index contributed by atoms with van der Waals surface area (Å²) in [7, 11) is 0. The van der Waals surface area contributed by atoms with Gasteiger partial charge in [-0.2, -0.15) is 0 Å². The quantitative estimate of drug-likeness (QED) is 0.160. The van der Waals surface area contributed by atoms with Gasteiger partial charge in [-0.1, -0.05) is 206 Å². The third-order valence-electron chi connectivity index (χ3n) is 14.3. The number of para-hydroxylation sites is 2.